The number of hydrogen-bond acceptors (Lipinski definition) is 2. The summed E-state index contributed by atoms with van der Waals surface area (Å²) < 4.78 is 0. The van der Waals surface area contributed by atoms with Crippen molar-refractivity contribution in [2.75, 3.05) is 14.1 Å². The van der Waals surface area contributed by atoms with Crippen molar-refractivity contribution in [3.63, 3.8) is 0 Å². The van der Waals surface area contributed by atoms with Crippen molar-refractivity contribution in [3.05, 3.63) is 12.4 Å². The van der Waals surface area contributed by atoms with Crippen LogP contribution in [0.4, 0.5) is 0 Å². The van der Waals surface area contributed by atoms with E-state index in [1.54, 1.807) is 11.9 Å². The molecule has 0 radical (unpaired) electrons. The lowest BCUT2D eigenvalue weighted by molar-refractivity contribution is -0.132. The maximum atomic E-state index is 12.2. The van der Waals surface area contributed by atoms with Gasteiger partial charge in [-0.3, -0.25) is 4.79 Å². The summed E-state index contributed by atoms with van der Waals surface area (Å²) in [5, 5.41) is 0. The fourth-order valence-corrected chi connectivity index (χ4v) is 2.14. The highest BCUT2D eigenvalue weighted by Gasteiger charge is 2.47. The highest BCUT2D eigenvalue weighted by atomic mass is 16.2. The summed E-state index contributed by atoms with van der Waals surface area (Å²) >= 11 is 0. The zero-order valence-electron chi connectivity index (χ0n) is 11.2. The number of carbonyl (C=O) groups is 1. The minimum Gasteiger partial charge on any atom is -0.347 e. The molecule has 0 aromatic heterocycles. The summed E-state index contributed by atoms with van der Waals surface area (Å²) in [6, 6.07) is 0. The van der Waals surface area contributed by atoms with Crippen LogP contribution in [0.2, 0.25) is 0 Å². The van der Waals surface area contributed by atoms with Crippen molar-refractivity contribution in [2.45, 2.75) is 45.6 Å². The van der Waals surface area contributed by atoms with E-state index < -0.39 is 5.54 Å². The van der Waals surface area contributed by atoms with E-state index in [0.29, 0.717) is 5.92 Å². The Morgan fingerprint density at radius 3 is 2.38 bits per heavy atom. The zero-order valence-corrected chi connectivity index (χ0v) is 11.2. The van der Waals surface area contributed by atoms with Gasteiger partial charge in [0, 0.05) is 14.1 Å². The zero-order chi connectivity index (χ0) is 12.5. The Balaban J connectivity index is 2.76. The number of amides is 1. The lowest BCUT2D eigenvalue weighted by Gasteiger charge is -2.31. The van der Waals surface area contributed by atoms with Crippen LogP contribution in [0.3, 0.4) is 0 Å². The average molecular weight is 224 g/mol. The van der Waals surface area contributed by atoms with Crippen molar-refractivity contribution in [1.29, 1.82) is 0 Å². The lowest BCUT2D eigenvalue weighted by Crippen LogP contribution is -2.44. The van der Waals surface area contributed by atoms with Gasteiger partial charge in [0.2, 0.25) is 0 Å². The van der Waals surface area contributed by atoms with Crippen LogP contribution in [0.15, 0.2) is 12.4 Å². The SMILES string of the molecule is C=C1N(C)C(=O)C(C)(CCC(C)CC)N1C. The monoisotopic (exact) mass is 224 g/mol. The quantitative estimate of drug-likeness (QED) is 0.732. The fraction of sp³-hybridized carbons (Fsp3) is 0.769. The fourth-order valence-electron chi connectivity index (χ4n) is 2.14. The summed E-state index contributed by atoms with van der Waals surface area (Å²) in [6.45, 7) is 10.4. The molecule has 0 bridgehead atoms. The van der Waals surface area contributed by atoms with Crippen LogP contribution in [0.25, 0.3) is 0 Å². The van der Waals surface area contributed by atoms with Gasteiger partial charge in [0.1, 0.15) is 11.4 Å². The molecule has 3 nitrogen and oxygen atoms in total. The Bertz CT molecular complexity index is 300. The topological polar surface area (TPSA) is 23.6 Å². The van der Waals surface area contributed by atoms with Gasteiger partial charge in [0.05, 0.1) is 0 Å². The van der Waals surface area contributed by atoms with E-state index >= 15 is 0 Å². The van der Waals surface area contributed by atoms with E-state index in [1.807, 2.05) is 18.9 Å². The molecule has 0 aliphatic carbocycles. The second kappa shape index (κ2) is 4.48. The molecular formula is C13H24N2O. The molecule has 3 heteroatoms. The molecule has 92 valence electrons. The van der Waals surface area contributed by atoms with Gasteiger partial charge in [-0.2, -0.15) is 0 Å². The third kappa shape index (κ3) is 1.95. The first kappa shape index (κ1) is 13.1. The van der Waals surface area contributed by atoms with E-state index in [1.165, 1.54) is 6.42 Å². The van der Waals surface area contributed by atoms with E-state index in [4.69, 9.17) is 0 Å². The average Bonchev–Trinajstić information content (AvgIpc) is 2.43. The van der Waals surface area contributed by atoms with Gasteiger partial charge in [0.25, 0.3) is 5.91 Å². The molecule has 0 aromatic rings. The Morgan fingerprint density at radius 2 is 2.00 bits per heavy atom. The van der Waals surface area contributed by atoms with Gasteiger partial charge in [-0.05, 0) is 25.7 Å². The van der Waals surface area contributed by atoms with E-state index in [2.05, 4.69) is 20.4 Å². The van der Waals surface area contributed by atoms with Crippen LogP contribution in [-0.4, -0.2) is 35.3 Å². The Hall–Kier alpha value is -0.990. The minimum atomic E-state index is -0.394. The number of carbonyl (C=O) groups excluding carboxylic acids is 1. The minimum absolute atomic E-state index is 0.170. The van der Waals surface area contributed by atoms with Crippen molar-refractivity contribution in [3.8, 4) is 0 Å². The summed E-state index contributed by atoms with van der Waals surface area (Å²) in [4.78, 5) is 15.8. The Labute approximate surface area is 99.1 Å². The van der Waals surface area contributed by atoms with Gasteiger partial charge in [0.15, 0.2) is 0 Å². The first-order valence-corrected chi connectivity index (χ1v) is 6.05. The van der Waals surface area contributed by atoms with Crippen molar-refractivity contribution < 1.29 is 4.79 Å². The van der Waals surface area contributed by atoms with Gasteiger partial charge >= 0.3 is 0 Å². The van der Waals surface area contributed by atoms with Crippen LogP contribution >= 0.6 is 0 Å². The molecule has 1 aliphatic heterocycles. The predicted molar refractivity (Wildman–Crippen MR) is 66.8 cm³/mol. The first-order chi connectivity index (χ1) is 7.34. The largest absolute Gasteiger partial charge is 0.347 e. The Kier molecular flexibility index (Phi) is 3.66. The van der Waals surface area contributed by atoms with Crippen molar-refractivity contribution in [1.82, 2.24) is 9.80 Å². The summed E-state index contributed by atoms with van der Waals surface area (Å²) in [5.41, 5.74) is -0.394. The van der Waals surface area contributed by atoms with Crippen molar-refractivity contribution in [2.24, 2.45) is 5.92 Å². The van der Waals surface area contributed by atoms with Crippen LogP contribution in [0.1, 0.15) is 40.0 Å². The van der Waals surface area contributed by atoms with Gasteiger partial charge in [-0.1, -0.05) is 26.8 Å². The molecule has 2 atom stereocenters. The molecule has 2 unspecified atom stereocenters. The van der Waals surface area contributed by atoms with Gasteiger partial charge < -0.3 is 9.80 Å². The third-order valence-corrected chi connectivity index (χ3v) is 4.10. The van der Waals surface area contributed by atoms with Gasteiger partial charge in [-0.25, -0.2) is 0 Å². The standard InChI is InChI=1S/C13H24N2O/c1-7-10(2)8-9-13(4)12(16)14(5)11(3)15(13)6/h10H,3,7-9H2,1-2,4-6H3. The molecule has 1 heterocycles. The first-order valence-electron chi connectivity index (χ1n) is 6.05. The number of nitrogens with zero attached hydrogens (tertiary/aromatic N) is 2. The van der Waals surface area contributed by atoms with Crippen LogP contribution < -0.4 is 0 Å². The normalized spacial score (nSPS) is 27.8. The number of hydrogen-bond donors (Lipinski definition) is 0. The second-order valence-electron chi connectivity index (χ2n) is 5.17. The molecule has 1 fully saturated rings. The smallest absolute Gasteiger partial charge is 0.253 e. The second-order valence-corrected chi connectivity index (χ2v) is 5.17. The molecule has 1 saturated heterocycles. The maximum absolute atomic E-state index is 12.2. The number of rotatable bonds is 4. The molecule has 16 heavy (non-hydrogen) atoms. The molecule has 1 aliphatic rings. The summed E-state index contributed by atoms with van der Waals surface area (Å²) in [6.07, 6.45) is 3.16. The van der Waals surface area contributed by atoms with Crippen LogP contribution in [0, 0.1) is 5.92 Å². The molecule has 0 saturated carbocycles. The molecule has 0 N–H and O–H groups in total. The highest BCUT2D eigenvalue weighted by Crippen LogP contribution is 2.34. The van der Waals surface area contributed by atoms with Crippen molar-refractivity contribution >= 4 is 5.91 Å². The van der Waals surface area contributed by atoms with E-state index in [9.17, 15) is 4.79 Å². The third-order valence-electron chi connectivity index (χ3n) is 4.10. The Morgan fingerprint density at radius 1 is 1.44 bits per heavy atom. The molecular weight excluding hydrogens is 200 g/mol. The summed E-state index contributed by atoms with van der Waals surface area (Å²) in [5.74, 6) is 1.65. The molecule has 0 aromatic carbocycles. The highest BCUT2D eigenvalue weighted by molar-refractivity contribution is 5.90. The molecule has 0 spiro atoms. The summed E-state index contributed by atoms with van der Waals surface area (Å²) in [7, 11) is 3.76. The van der Waals surface area contributed by atoms with E-state index in [-0.39, 0.29) is 5.91 Å². The predicted octanol–water partition coefficient (Wildman–Crippen LogP) is 2.45. The maximum Gasteiger partial charge on any atom is 0.253 e. The number of likely N-dealkylation sites (N-methyl/N-ethyl adjacent to an activating group) is 2. The molecule has 1 rings (SSSR count). The van der Waals surface area contributed by atoms with Crippen LogP contribution in [-0.2, 0) is 4.79 Å². The van der Waals surface area contributed by atoms with E-state index in [0.717, 1.165) is 18.7 Å². The molecule has 1 amide bonds. The lowest BCUT2D eigenvalue weighted by atomic mass is 9.89. The van der Waals surface area contributed by atoms with Gasteiger partial charge in [-0.15, -0.1) is 0 Å². The van der Waals surface area contributed by atoms with Crippen LogP contribution in [0.5, 0.6) is 0 Å².